The molecule has 0 aliphatic carbocycles. The average molecular weight is 306 g/mol. The van der Waals surface area contributed by atoms with E-state index >= 15 is 0 Å². The molecule has 0 aromatic heterocycles. The number of carbonyl (C=O) groups is 1. The van der Waals surface area contributed by atoms with Gasteiger partial charge < -0.3 is 9.64 Å². The van der Waals surface area contributed by atoms with Gasteiger partial charge in [0.1, 0.15) is 0 Å². The highest BCUT2D eigenvalue weighted by Crippen LogP contribution is 2.34. The SMILES string of the molecule is CC1OC(C)C(C(=O)N(C)C(C)(C)CBr)C1C. The van der Waals surface area contributed by atoms with E-state index in [-0.39, 0.29) is 35.5 Å². The van der Waals surface area contributed by atoms with Crippen molar-refractivity contribution in [2.75, 3.05) is 12.4 Å². The van der Waals surface area contributed by atoms with Crippen LogP contribution in [0.1, 0.15) is 34.6 Å². The van der Waals surface area contributed by atoms with Crippen LogP contribution in [0.3, 0.4) is 0 Å². The molecule has 0 radical (unpaired) electrons. The summed E-state index contributed by atoms with van der Waals surface area (Å²) in [6, 6.07) is 0. The zero-order chi connectivity index (χ0) is 13.4. The van der Waals surface area contributed by atoms with E-state index in [1.807, 2.05) is 25.8 Å². The Kier molecular flexibility index (Phi) is 4.64. The predicted octanol–water partition coefficient (Wildman–Crippen LogP) is 2.68. The lowest BCUT2D eigenvalue weighted by atomic mass is 9.87. The number of alkyl halides is 1. The van der Waals surface area contributed by atoms with Crippen LogP contribution in [0.2, 0.25) is 0 Å². The van der Waals surface area contributed by atoms with Crippen LogP contribution in [0.4, 0.5) is 0 Å². The molecule has 3 nitrogen and oxygen atoms in total. The van der Waals surface area contributed by atoms with Gasteiger partial charge in [0.25, 0.3) is 0 Å². The van der Waals surface area contributed by atoms with Crippen molar-refractivity contribution in [3.8, 4) is 0 Å². The predicted molar refractivity (Wildman–Crippen MR) is 73.3 cm³/mol. The number of hydrogen-bond acceptors (Lipinski definition) is 2. The Morgan fingerprint density at radius 1 is 1.29 bits per heavy atom. The van der Waals surface area contributed by atoms with E-state index in [0.29, 0.717) is 0 Å². The van der Waals surface area contributed by atoms with E-state index < -0.39 is 0 Å². The van der Waals surface area contributed by atoms with Crippen LogP contribution in [0.25, 0.3) is 0 Å². The minimum atomic E-state index is -0.164. The minimum Gasteiger partial charge on any atom is -0.374 e. The molecule has 0 aromatic carbocycles. The Hall–Kier alpha value is -0.0900. The molecule has 1 aliphatic heterocycles. The maximum atomic E-state index is 12.5. The molecule has 1 aliphatic rings. The van der Waals surface area contributed by atoms with E-state index in [4.69, 9.17) is 4.74 Å². The number of hydrogen-bond donors (Lipinski definition) is 0. The van der Waals surface area contributed by atoms with Gasteiger partial charge in [0.2, 0.25) is 5.91 Å². The van der Waals surface area contributed by atoms with Gasteiger partial charge in [0, 0.05) is 17.9 Å². The molecular formula is C13H24BrNO2. The molecule has 1 fully saturated rings. The van der Waals surface area contributed by atoms with Crippen LogP contribution in [0.5, 0.6) is 0 Å². The highest BCUT2D eigenvalue weighted by Gasteiger charge is 2.44. The molecule has 0 aromatic rings. The average Bonchev–Trinajstić information content (AvgIpc) is 2.51. The summed E-state index contributed by atoms with van der Waals surface area (Å²) < 4.78 is 5.74. The summed E-state index contributed by atoms with van der Waals surface area (Å²) in [5.41, 5.74) is -0.164. The lowest BCUT2D eigenvalue weighted by Gasteiger charge is -2.37. The smallest absolute Gasteiger partial charge is 0.228 e. The molecule has 4 heteroatoms. The number of rotatable bonds is 3. The third-order valence-electron chi connectivity index (χ3n) is 4.09. The molecule has 0 saturated carbocycles. The summed E-state index contributed by atoms with van der Waals surface area (Å²) in [6.45, 7) is 10.3. The molecule has 100 valence electrons. The summed E-state index contributed by atoms with van der Waals surface area (Å²) in [5.74, 6) is 0.457. The van der Waals surface area contributed by atoms with Gasteiger partial charge in [-0.25, -0.2) is 0 Å². The first-order chi connectivity index (χ1) is 7.72. The third-order valence-corrected chi connectivity index (χ3v) is 5.46. The van der Waals surface area contributed by atoms with Crippen LogP contribution in [0.15, 0.2) is 0 Å². The highest BCUT2D eigenvalue weighted by molar-refractivity contribution is 9.09. The minimum absolute atomic E-state index is 0.0149. The van der Waals surface area contributed by atoms with Crippen LogP contribution in [-0.4, -0.2) is 40.9 Å². The normalized spacial score (nSPS) is 33.8. The van der Waals surface area contributed by atoms with Crippen molar-refractivity contribution in [1.82, 2.24) is 4.90 Å². The van der Waals surface area contributed by atoms with Gasteiger partial charge in [0.15, 0.2) is 0 Å². The maximum absolute atomic E-state index is 12.5. The molecule has 0 spiro atoms. The van der Waals surface area contributed by atoms with Crippen molar-refractivity contribution in [1.29, 1.82) is 0 Å². The first kappa shape index (κ1) is 15.0. The van der Waals surface area contributed by atoms with Gasteiger partial charge in [-0.15, -0.1) is 0 Å². The standard InChI is InChI=1S/C13H24BrNO2/c1-8-9(2)17-10(3)11(8)12(16)15(6)13(4,5)7-14/h8-11H,7H2,1-6H3. The Bertz CT molecular complexity index is 293. The first-order valence-corrected chi connectivity index (χ1v) is 7.33. The largest absolute Gasteiger partial charge is 0.374 e. The summed E-state index contributed by atoms with van der Waals surface area (Å²) in [6.07, 6.45) is 0.181. The molecule has 1 heterocycles. The second-order valence-electron chi connectivity index (χ2n) is 5.77. The van der Waals surface area contributed by atoms with E-state index in [1.54, 1.807) is 0 Å². The molecule has 0 N–H and O–H groups in total. The Labute approximate surface area is 113 Å². The Morgan fingerprint density at radius 3 is 2.18 bits per heavy atom. The second kappa shape index (κ2) is 5.27. The van der Waals surface area contributed by atoms with Gasteiger partial charge in [-0.2, -0.15) is 0 Å². The van der Waals surface area contributed by atoms with Gasteiger partial charge in [-0.05, 0) is 33.6 Å². The summed E-state index contributed by atoms with van der Waals surface area (Å²) in [4.78, 5) is 14.4. The Morgan fingerprint density at radius 2 is 1.82 bits per heavy atom. The van der Waals surface area contributed by atoms with E-state index in [9.17, 15) is 4.79 Å². The zero-order valence-electron chi connectivity index (χ0n) is 11.7. The van der Waals surface area contributed by atoms with Crippen molar-refractivity contribution in [2.45, 2.75) is 52.4 Å². The van der Waals surface area contributed by atoms with Gasteiger partial charge in [-0.1, -0.05) is 22.9 Å². The third kappa shape index (κ3) is 2.84. The van der Waals surface area contributed by atoms with Gasteiger partial charge >= 0.3 is 0 Å². The van der Waals surface area contributed by atoms with Gasteiger partial charge in [0.05, 0.1) is 18.1 Å². The van der Waals surface area contributed by atoms with Crippen molar-refractivity contribution in [3.63, 3.8) is 0 Å². The van der Waals surface area contributed by atoms with Crippen molar-refractivity contribution >= 4 is 21.8 Å². The lowest BCUT2D eigenvalue weighted by molar-refractivity contribution is -0.140. The van der Waals surface area contributed by atoms with Crippen molar-refractivity contribution in [2.24, 2.45) is 11.8 Å². The van der Waals surface area contributed by atoms with Crippen molar-refractivity contribution in [3.05, 3.63) is 0 Å². The number of halogens is 1. The second-order valence-corrected chi connectivity index (χ2v) is 6.34. The van der Waals surface area contributed by atoms with Gasteiger partial charge in [-0.3, -0.25) is 4.79 Å². The fourth-order valence-corrected chi connectivity index (χ4v) is 2.68. The topological polar surface area (TPSA) is 29.5 Å². The Balaban J connectivity index is 2.83. The number of amides is 1. The van der Waals surface area contributed by atoms with E-state index in [1.165, 1.54) is 0 Å². The molecule has 4 atom stereocenters. The van der Waals surface area contributed by atoms with Crippen molar-refractivity contribution < 1.29 is 9.53 Å². The molecule has 17 heavy (non-hydrogen) atoms. The van der Waals surface area contributed by atoms with E-state index in [2.05, 4.69) is 36.7 Å². The molecule has 1 saturated heterocycles. The fourth-order valence-electron chi connectivity index (χ4n) is 2.30. The number of nitrogens with zero attached hydrogens (tertiary/aromatic N) is 1. The van der Waals surface area contributed by atoms with Crippen LogP contribution >= 0.6 is 15.9 Å². The lowest BCUT2D eigenvalue weighted by Crippen LogP contribution is -2.50. The number of carbonyl (C=O) groups excluding carboxylic acids is 1. The highest BCUT2D eigenvalue weighted by atomic mass is 79.9. The number of ether oxygens (including phenoxy) is 1. The molecule has 0 bridgehead atoms. The van der Waals surface area contributed by atoms with Crippen LogP contribution in [0, 0.1) is 11.8 Å². The fraction of sp³-hybridized carbons (Fsp3) is 0.923. The summed E-state index contributed by atoms with van der Waals surface area (Å²) in [7, 11) is 1.88. The maximum Gasteiger partial charge on any atom is 0.228 e. The quantitative estimate of drug-likeness (QED) is 0.750. The molecule has 1 amide bonds. The molecule has 1 rings (SSSR count). The molecule has 4 unspecified atom stereocenters. The summed E-state index contributed by atoms with van der Waals surface area (Å²) in [5, 5.41) is 0.772. The monoisotopic (exact) mass is 305 g/mol. The van der Waals surface area contributed by atoms with Crippen LogP contribution in [-0.2, 0) is 9.53 Å². The molecular weight excluding hydrogens is 282 g/mol. The van der Waals surface area contributed by atoms with Crippen LogP contribution < -0.4 is 0 Å². The first-order valence-electron chi connectivity index (χ1n) is 6.21. The van der Waals surface area contributed by atoms with E-state index in [0.717, 1.165) is 5.33 Å². The summed E-state index contributed by atoms with van der Waals surface area (Å²) >= 11 is 3.47. The zero-order valence-corrected chi connectivity index (χ0v) is 13.2.